The Balaban J connectivity index is 1.10. The average molecular weight is 822 g/mol. The highest BCUT2D eigenvalue weighted by Gasteiger charge is 2.20. The van der Waals surface area contributed by atoms with Gasteiger partial charge in [-0.2, -0.15) is 0 Å². The zero-order valence-corrected chi connectivity index (χ0v) is 34.7. The van der Waals surface area contributed by atoms with Crippen molar-refractivity contribution in [1.29, 1.82) is 0 Å². The van der Waals surface area contributed by atoms with Crippen LogP contribution >= 0.6 is 11.3 Å². The van der Waals surface area contributed by atoms with Gasteiger partial charge in [0, 0.05) is 82.2 Å². The van der Waals surface area contributed by atoms with Crippen LogP contribution in [-0.2, 0) is 0 Å². The second kappa shape index (κ2) is 14.2. The summed E-state index contributed by atoms with van der Waals surface area (Å²) < 4.78 is 7.24. The smallest absolute Gasteiger partial charge is 0.161 e. The minimum Gasteiger partial charge on any atom is -0.309 e. The maximum atomic E-state index is 5.55. The lowest BCUT2D eigenvalue weighted by Crippen LogP contribution is -2.01. The summed E-state index contributed by atoms with van der Waals surface area (Å²) in [6.45, 7) is 0. The fraction of sp³-hybridized carbons (Fsp3) is 0. The van der Waals surface area contributed by atoms with Crippen LogP contribution in [-0.4, -0.2) is 24.1 Å². The second-order valence-corrected chi connectivity index (χ2v) is 17.1. The first-order valence-electron chi connectivity index (χ1n) is 21.2. The molecule has 8 aromatic carbocycles. The quantitative estimate of drug-likeness (QED) is 0.168. The van der Waals surface area contributed by atoms with E-state index in [1.807, 2.05) is 18.5 Å². The third kappa shape index (κ3) is 5.73. The van der Waals surface area contributed by atoms with Gasteiger partial charge in [0.25, 0.3) is 0 Å². The molecule has 0 saturated carbocycles. The molecule has 63 heavy (non-hydrogen) atoms. The Morgan fingerprint density at radius 3 is 1.44 bits per heavy atom. The Morgan fingerprint density at radius 2 is 0.873 bits per heavy atom. The Hall–Kier alpha value is -8.19. The lowest BCUT2D eigenvalue weighted by atomic mass is 10.0. The number of nitrogens with zero attached hydrogens (tertiary/aromatic N) is 5. The largest absolute Gasteiger partial charge is 0.309 e. The lowest BCUT2D eigenvalue weighted by Gasteiger charge is -2.16. The van der Waals surface area contributed by atoms with Gasteiger partial charge in [0.1, 0.15) is 0 Å². The molecule has 5 heterocycles. The monoisotopic (exact) mass is 821 g/mol. The summed E-state index contributed by atoms with van der Waals surface area (Å²) in [6, 6.07) is 71.8. The third-order valence-corrected chi connectivity index (χ3v) is 13.6. The van der Waals surface area contributed by atoms with E-state index >= 15 is 0 Å². The minimum atomic E-state index is 0.691. The maximum Gasteiger partial charge on any atom is 0.161 e. The molecule has 5 aromatic heterocycles. The molecule has 5 nitrogen and oxygen atoms in total. The van der Waals surface area contributed by atoms with E-state index in [0.717, 1.165) is 72.6 Å². The number of thiophene rings is 1. The van der Waals surface area contributed by atoms with Crippen LogP contribution in [0.3, 0.4) is 0 Å². The van der Waals surface area contributed by atoms with E-state index in [2.05, 4.69) is 208 Å². The lowest BCUT2D eigenvalue weighted by molar-refractivity contribution is 1.13. The molecule has 0 radical (unpaired) electrons. The highest BCUT2D eigenvalue weighted by Crippen LogP contribution is 2.42. The molecule has 13 rings (SSSR count). The fourth-order valence-corrected chi connectivity index (χ4v) is 10.8. The molecule has 0 atom stereocenters. The molecule has 0 aliphatic heterocycles. The molecule has 13 aromatic rings. The number of pyridine rings is 1. The molecule has 0 bridgehead atoms. The number of benzene rings is 8. The molecule has 0 N–H and O–H groups in total. The van der Waals surface area contributed by atoms with Gasteiger partial charge in [0.05, 0.1) is 33.5 Å². The predicted molar refractivity (Wildman–Crippen MR) is 263 cm³/mol. The molecule has 0 amide bonds. The van der Waals surface area contributed by atoms with Crippen molar-refractivity contribution in [3.05, 3.63) is 213 Å². The van der Waals surface area contributed by atoms with Gasteiger partial charge >= 0.3 is 0 Å². The summed E-state index contributed by atoms with van der Waals surface area (Å²) in [7, 11) is 0. The molecule has 0 fully saturated rings. The number of rotatable bonds is 6. The first-order chi connectivity index (χ1) is 31.2. The standard InChI is InChI=1S/C57H35N5S/c1-6-21-51-42(14-1)43-15-2-7-22-52(43)61(51)40-31-39(32-41(33-40)62-53-23-8-3-16-44(53)45-17-4-9-24-54(45)62)50-34-49(37-28-26-36(27-29-37)38-13-12-30-58-35-38)59-57(60-50)48-20-11-19-47-46-18-5-10-25-55(46)63-56(47)48/h1-35H. The topological polar surface area (TPSA) is 48.5 Å². The van der Waals surface area contributed by atoms with E-state index in [9.17, 15) is 0 Å². The number of hydrogen-bond donors (Lipinski definition) is 0. The molecule has 0 aliphatic rings. The molecule has 0 unspecified atom stereocenters. The summed E-state index contributed by atoms with van der Waals surface area (Å²) in [5.41, 5.74) is 13.6. The summed E-state index contributed by atoms with van der Waals surface area (Å²) in [5, 5.41) is 7.33. The molecule has 294 valence electrons. The second-order valence-electron chi connectivity index (χ2n) is 16.0. The first kappa shape index (κ1) is 35.6. The molecule has 0 saturated heterocycles. The number of fused-ring (bicyclic) bond motifs is 9. The van der Waals surface area contributed by atoms with Crippen molar-refractivity contribution >= 4 is 75.1 Å². The maximum absolute atomic E-state index is 5.55. The average Bonchev–Trinajstić information content (AvgIpc) is 4.02. The summed E-state index contributed by atoms with van der Waals surface area (Å²) in [6.07, 6.45) is 3.71. The number of hydrogen-bond acceptors (Lipinski definition) is 4. The normalized spacial score (nSPS) is 11.8. The molecular weight excluding hydrogens is 787 g/mol. The summed E-state index contributed by atoms with van der Waals surface area (Å²) >= 11 is 1.80. The first-order valence-corrected chi connectivity index (χ1v) is 22.0. The van der Waals surface area contributed by atoms with Gasteiger partial charge in [0.15, 0.2) is 5.82 Å². The van der Waals surface area contributed by atoms with E-state index in [0.29, 0.717) is 5.82 Å². The Morgan fingerprint density at radius 1 is 0.365 bits per heavy atom. The minimum absolute atomic E-state index is 0.691. The van der Waals surface area contributed by atoms with Crippen LogP contribution in [0.4, 0.5) is 0 Å². The van der Waals surface area contributed by atoms with Crippen LogP contribution in [0.5, 0.6) is 0 Å². The Kier molecular flexibility index (Phi) is 8.01. The van der Waals surface area contributed by atoms with Crippen molar-refractivity contribution in [2.24, 2.45) is 0 Å². The zero-order valence-electron chi connectivity index (χ0n) is 33.9. The zero-order chi connectivity index (χ0) is 41.4. The van der Waals surface area contributed by atoms with Crippen molar-refractivity contribution in [2.45, 2.75) is 0 Å². The SMILES string of the molecule is c1cncc(-c2ccc(-c3cc(-c4cc(-n5c6ccccc6c6ccccc65)cc(-n5c6ccccc6c6ccccc65)c4)nc(-c4cccc5c4sc4ccccc45)n3)cc2)c1. The van der Waals surface area contributed by atoms with Crippen molar-refractivity contribution in [1.82, 2.24) is 24.1 Å². The Bertz CT molecular complexity index is 3680. The van der Waals surface area contributed by atoms with Gasteiger partial charge in [0.2, 0.25) is 0 Å². The number of aromatic nitrogens is 5. The van der Waals surface area contributed by atoms with Gasteiger partial charge in [-0.3, -0.25) is 4.98 Å². The van der Waals surface area contributed by atoms with Crippen molar-refractivity contribution in [3.8, 4) is 56.4 Å². The molecule has 0 spiro atoms. The van der Waals surface area contributed by atoms with Crippen LogP contribution in [0.1, 0.15) is 0 Å². The van der Waals surface area contributed by atoms with Gasteiger partial charge in [-0.25, -0.2) is 9.97 Å². The van der Waals surface area contributed by atoms with E-state index < -0.39 is 0 Å². The van der Waals surface area contributed by atoms with Crippen LogP contribution < -0.4 is 0 Å². The van der Waals surface area contributed by atoms with Crippen LogP contribution in [0, 0.1) is 0 Å². The summed E-state index contributed by atoms with van der Waals surface area (Å²) in [5.74, 6) is 0.691. The van der Waals surface area contributed by atoms with E-state index in [1.165, 1.54) is 41.7 Å². The van der Waals surface area contributed by atoms with Gasteiger partial charge < -0.3 is 9.13 Å². The van der Waals surface area contributed by atoms with Crippen LogP contribution in [0.2, 0.25) is 0 Å². The fourth-order valence-electron chi connectivity index (χ4n) is 9.56. The number of para-hydroxylation sites is 4. The van der Waals surface area contributed by atoms with Crippen LogP contribution in [0.25, 0.3) is 120 Å². The van der Waals surface area contributed by atoms with Gasteiger partial charge in [-0.15, -0.1) is 11.3 Å². The van der Waals surface area contributed by atoms with Crippen LogP contribution in [0.15, 0.2) is 213 Å². The van der Waals surface area contributed by atoms with Crippen molar-refractivity contribution in [3.63, 3.8) is 0 Å². The van der Waals surface area contributed by atoms with Gasteiger partial charge in [-0.1, -0.05) is 133 Å². The highest BCUT2D eigenvalue weighted by molar-refractivity contribution is 7.26. The molecule has 0 aliphatic carbocycles. The highest BCUT2D eigenvalue weighted by atomic mass is 32.1. The van der Waals surface area contributed by atoms with E-state index in [-0.39, 0.29) is 0 Å². The Labute approximate surface area is 366 Å². The van der Waals surface area contributed by atoms with E-state index in [4.69, 9.17) is 9.97 Å². The third-order valence-electron chi connectivity index (χ3n) is 12.4. The van der Waals surface area contributed by atoms with Crippen molar-refractivity contribution < 1.29 is 0 Å². The predicted octanol–water partition coefficient (Wildman–Crippen LogP) is 15.1. The molecular formula is C57H35N5S. The van der Waals surface area contributed by atoms with E-state index in [1.54, 1.807) is 11.3 Å². The van der Waals surface area contributed by atoms with Gasteiger partial charge in [-0.05, 0) is 77.9 Å². The molecule has 6 heteroatoms. The van der Waals surface area contributed by atoms with Crippen molar-refractivity contribution in [2.75, 3.05) is 0 Å². The summed E-state index contributed by atoms with van der Waals surface area (Å²) in [4.78, 5) is 15.3.